The van der Waals surface area contributed by atoms with Gasteiger partial charge in [0.2, 0.25) is 0 Å². The Morgan fingerprint density at radius 3 is 2.62 bits per heavy atom. The third-order valence-electron chi connectivity index (χ3n) is 3.45. The fraction of sp³-hybridized carbons (Fsp3) is 0.250. The molecule has 16 heavy (non-hydrogen) atoms. The first kappa shape index (κ1) is 10.9. The van der Waals surface area contributed by atoms with Crippen molar-refractivity contribution in [1.29, 1.82) is 0 Å². The first-order valence-corrected chi connectivity index (χ1v) is 5.74. The highest BCUT2D eigenvalue weighted by molar-refractivity contribution is 5.51. The second kappa shape index (κ2) is 4.13. The zero-order valence-electron chi connectivity index (χ0n) is 10.1. The number of rotatable bonds is 2. The van der Waals surface area contributed by atoms with Crippen LogP contribution < -0.4 is 0 Å². The van der Waals surface area contributed by atoms with Gasteiger partial charge in [0.1, 0.15) is 0 Å². The van der Waals surface area contributed by atoms with E-state index in [4.69, 9.17) is 0 Å². The maximum Gasteiger partial charge on any atom is 0.00664 e. The van der Waals surface area contributed by atoms with Crippen molar-refractivity contribution >= 4 is 0 Å². The number of benzene rings is 1. The van der Waals surface area contributed by atoms with Crippen LogP contribution >= 0.6 is 0 Å². The molecule has 1 aliphatic rings. The zero-order valence-corrected chi connectivity index (χ0v) is 10.1. The molecule has 0 aromatic heterocycles. The largest absolute Gasteiger partial charge is 0.0988 e. The van der Waals surface area contributed by atoms with Gasteiger partial charge in [0.05, 0.1) is 0 Å². The zero-order chi connectivity index (χ0) is 11.7. The number of fused-ring (bicyclic) bond motifs is 1. The third kappa shape index (κ3) is 1.65. The van der Waals surface area contributed by atoms with Gasteiger partial charge in [0.25, 0.3) is 0 Å². The highest BCUT2D eigenvalue weighted by Crippen LogP contribution is 2.36. The van der Waals surface area contributed by atoms with Gasteiger partial charge in [-0.05, 0) is 35.6 Å². The Balaban J connectivity index is 2.56. The molecule has 1 unspecified atom stereocenters. The predicted molar refractivity (Wildman–Crippen MR) is 70.7 cm³/mol. The molecular weight excluding hydrogens is 192 g/mol. The first-order valence-electron chi connectivity index (χ1n) is 5.74. The topological polar surface area (TPSA) is 0 Å². The first-order chi connectivity index (χ1) is 7.67. The van der Waals surface area contributed by atoms with Crippen LogP contribution in [0.3, 0.4) is 0 Å². The minimum Gasteiger partial charge on any atom is -0.0988 e. The van der Waals surface area contributed by atoms with E-state index in [1.54, 1.807) is 0 Å². The van der Waals surface area contributed by atoms with Gasteiger partial charge in [-0.2, -0.15) is 0 Å². The summed E-state index contributed by atoms with van der Waals surface area (Å²) in [4.78, 5) is 0. The van der Waals surface area contributed by atoms with E-state index >= 15 is 0 Å². The number of hydrogen-bond acceptors (Lipinski definition) is 0. The molecule has 1 aliphatic carbocycles. The van der Waals surface area contributed by atoms with Crippen molar-refractivity contribution in [2.24, 2.45) is 0 Å². The van der Waals surface area contributed by atoms with Crippen molar-refractivity contribution in [3.05, 3.63) is 71.3 Å². The number of hydrogen-bond donors (Lipinski definition) is 0. The fourth-order valence-corrected chi connectivity index (χ4v) is 2.56. The lowest BCUT2D eigenvalue weighted by molar-refractivity contribution is 0.847. The summed E-state index contributed by atoms with van der Waals surface area (Å²) in [5, 5.41) is 0. The molecule has 0 amide bonds. The van der Waals surface area contributed by atoms with Gasteiger partial charge in [-0.3, -0.25) is 0 Å². The molecular formula is C16H18. The lowest BCUT2D eigenvalue weighted by Crippen LogP contribution is -2.11. The molecule has 0 saturated carbocycles. The molecule has 2 rings (SSSR count). The quantitative estimate of drug-likeness (QED) is 0.681. The highest BCUT2D eigenvalue weighted by atomic mass is 14.2. The Labute approximate surface area is 98.0 Å². The van der Waals surface area contributed by atoms with Gasteiger partial charge in [-0.1, -0.05) is 56.0 Å². The Morgan fingerprint density at radius 1 is 1.25 bits per heavy atom. The van der Waals surface area contributed by atoms with Gasteiger partial charge < -0.3 is 0 Å². The molecule has 1 aromatic carbocycles. The van der Waals surface area contributed by atoms with Crippen molar-refractivity contribution in [3.63, 3.8) is 0 Å². The summed E-state index contributed by atoms with van der Waals surface area (Å²) < 4.78 is 0. The van der Waals surface area contributed by atoms with Gasteiger partial charge in [-0.25, -0.2) is 0 Å². The normalized spacial score (nSPS) is 19.2. The van der Waals surface area contributed by atoms with Crippen LogP contribution in [0, 0.1) is 6.92 Å². The second-order valence-corrected chi connectivity index (χ2v) is 4.49. The van der Waals surface area contributed by atoms with E-state index < -0.39 is 0 Å². The summed E-state index contributed by atoms with van der Waals surface area (Å²) >= 11 is 0. The molecule has 1 aromatic rings. The molecule has 0 heterocycles. The van der Waals surface area contributed by atoms with Crippen molar-refractivity contribution < 1.29 is 0 Å². The summed E-state index contributed by atoms with van der Waals surface area (Å²) in [5.74, 6) is 0.440. The molecule has 0 heteroatoms. The average Bonchev–Trinajstić information content (AvgIpc) is 2.28. The van der Waals surface area contributed by atoms with E-state index in [0.29, 0.717) is 5.92 Å². The maximum atomic E-state index is 3.92. The second-order valence-electron chi connectivity index (χ2n) is 4.49. The molecule has 1 atom stereocenters. The van der Waals surface area contributed by atoms with Crippen LogP contribution in [0.4, 0.5) is 0 Å². The van der Waals surface area contributed by atoms with Crippen molar-refractivity contribution in [3.8, 4) is 0 Å². The minimum absolute atomic E-state index is 0.440. The van der Waals surface area contributed by atoms with Gasteiger partial charge >= 0.3 is 0 Å². The lowest BCUT2D eigenvalue weighted by Gasteiger charge is -2.26. The molecule has 0 nitrogen and oxygen atoms in total. The summed E-state index contributed by atoms with van der Waals surface area (Å²) in [6.07, 6.45) is 4.94. The van der Waals surface area contributed by atoms with Crippen LogP contribution in [-0.2, 0) is 6.42 Å². The SMILES string of the molecule is C=CC1=C(C=C)C(C)c2ccc(C)cc2C1. The lowest BCUT2D eigenvalue weighted by atomic mass is 9.78. The Hall–Kier alpha value is -1.56. The minimum atomic E-state index is 0.440. The number of allylic oxidation sites excluding steroid dienone is 4. The summed E-state index contributed by atoms with van der Waals surface area (Å²) in [6, 6.07) is 6.73. The van der Waals surface area contributed by atoms with E-state index in [2.05, 4.69) is 45.2 Å². The van der Waals surface area contributed by atoms with Crippen LogP contribution in [0.5, 0.6) is 0 Å². The molecule has 0 aliphatic heterocycles. The van der Waals surface area contributed by atoms with E-state index in [-0.39, 0.29) is 0 Å². The van der Waals surface area contributed by atoms with Crippen LogP contribution in [0.2, 0.25) is 0 Å². The molecule has 0 fully saturated rings. The smallest absolute Gasteiger partial charge is 0.00664 e. The fourth-order valence-electron chi connectivity index (χ4n) is 2.56. The van der Waals surface area contributed by atoms with Gasteiger partial charge in [-0.15, -0.1) is 0 Å². The maximum absolute atomic E-state index is 3.92. The number of aryl methyl sites for hydroxylation is 1. The van der Waals surface area contributed by atoms with Gasteiger partial charge in [0, 0.05) is 5.92 Å². The Kier molecular flexibility index (Phi) is 2.82. The molecule has 0 bridgehead atoms. The van der Waals surface area contributed by atoms with Crippen LogP contribution in [0.1, 0.15) is 29.5 Å². The molecule has 0 N–H and O–H groups in total. The summed E-state index contributed by atoms with van der Waals surface area (Å²) in [5.41, 5.74) is 6.85. The summed E-state index contributed by atoms with van der Waals surface area (Å²) in [7, 11) is 0. The van der Waals surface area contributed by atoms with Crippen LogP contribution in [-0.4, -0.2) is 0 Å². The Morgan fingerprint density at radius 2 is 2.00 bits per heavy atom. The molecule has 0 saturated heterocycles. The average molecular weight is 210 g/mol. The Bertz CT molecular complexity index is 475. The highest BCUT2D eigenvalue weighted by Gasteiger charge is 2.21. The van der Waals surface area contributed by atoms with E-state index in [1.165, 1.54) is 27.8 Å². The molecule has 0 radical (unpaired) electrons. The molecule has 82 valence electrons. The van der Waals surface area contributed by atoms with E-state index in [9.17, 15) is 0 Å². The molecule has 0 spiro atoms. The standard InChI is InChI=1S/C16H18/c1-5-13-10-14-9-11(3)7-8-16(14)12(4)15(13)6-2/h5-9,12H,1-2,10H2,3-4H3. The third-order valence-corrected chi connectivity index (χ3v) is 3.45. The van der Waals surface area contributed by atoms with Crippen molar-refractivity contribution in [1.82, 2.24) is 0 Å². The summed E-state index contributed by atoms with van der Waals surface area (Å²) in [6.45, 7) is 12.2. The van der Waals surface area contributed by atoms with Crippen LogP contribution in [0.25, 0.3) is 0 Å². The van der Waals surface area contributed by atoms with Gasteiger partial charge in [0.15, 0.2) is 0 Å². The van der Waals surface area contributed by atoms with E-state index in [1.807, 2.05) is 12.2 Å². The van der Waals surface area contributed by atoms with E-state index in [0.717, 1.165) is 6.42 Å². The van der Waals surface area contributed by atoms with Crippen molar-refractivity contribution in [2.75, 3.05) is 0 Å². The predicted octanol–water partition coefficient (Wildman–Crippen LogP) is 4.32. The van der Waals surface area contributed by atoms with Crippen LogP contribution in [0.15, 0.2) is 54.7 Å². The van der Waals surface area contributed by atoms with Crippen molar-refractivity contribution in [2.45, 2.75) is 26.2 Å². The monoisotopic (exact) mass is 210 g/mol.